The summed E-state index contributed by atoms with van der Waals surface area (Å²) in [7, 11) is 0. The van der Waals surface area contributed by atoms with Crippen LogP contribution < -0.4 is 0 Å². The van der Waals surface area contributed by atoms with Crippen molar-refractivity contribution in [2.24, 2.45) is 11.8 Å². The first-order valence-corrected chi connectivity index (χ1v) is 4.45. The van der Waals surface area contributed by atoms with Crippen molar-refractivity contribution in [1.29, 1.82) is 0 Å². The fraction of sp³-hybridized carbons (Fsp3) is 1.00. The van der Waals surface area contributed by atoms with Gasteiger partial charge in [0.25, 0.3) is 0 Å². The molecule has 2 rings (SSSR count). The van der Waals surface area contributed by atoms with Crippen molar-refractivity contribution in [3.05, 3.63) is 0 Å². The van der Waals surface area contributed by atoms with Crippen LogP contribution in [-0.2, 0) is 0 Å². The molecule has 0 heteroatoms. The Bertz CT molecular complexity index is 84.2. The molecule has 2 saturated carbocycles. The lowest BCUT2D eigenvalue weighted by Gasteiger charge is -2.05. The highest BCUT2D eigenvalue weighted by atomic mass is 14.3. The lowest BCUT2D eigenvalue weighted by Crippen LogP contribution is -1.89. The summed E-state index contributed by atoms with van der Waals surface area (Å²) >= 11 is 0. The maximum Gasteiger partial charge on any atom is -0.0412 e. The molecule has 0 nitrogen and oxygen atoms in total. The highest BCUT2D eigenvalue weighted by molar-refractivity contribution is 4.78. The van der Waals surface area contributed by atoms with Crippen molar-refractivity contribution in [2.75, 3.05) is 0 Å². The van der Waals surface area contributed by atoms with Crippen LogP contribution in [0.15, 0.2) is 0 Å². The van der Waals surface area contributed by atoms with E-state index in [9.17, 15) is 0 Å². The van der Waals surface area contributed by atoms with Crippen LogP contribution in [0.1, 0.15) is 44.9 Å². The minimum absolute atomic E-state index is 1.15. The lowest BCUT2D eigenvalue weighted by molar-refractivity contribution is 0.486. The van der Waals surface area contributed by atoms with Crippen LogP contribution in [0.3, 0.4) is 0 Å². The third kappa shape index (κ3) is 1.12. The summed E-state index contributed by atoms with van der Waals surface area (Å²) in [5, 5.41) is 0. The second-order valence-electron chi connectivity index (χ2n) is 3.83. The first-order chi connectivity index (χ1) is 4.45. The topological polar surface area (TPSA) is 0 Å². The number of fused-ring (bicyclic) bond motifs is 2. The van der Waals surface area contributed by atoms with E-state index in [0.29, 0.717) is 0 Å². The predicted molar refractivity (Wildman–Crippen MR) is 39.3 cm³/mol. The van der Waals surface area contributed by atoms with E-state index in [0.717, 1.165) is 11.8 Å². The Balaban J connectivity index is 1.99. The molecule has 2 bridgehead atoms. The van der Waals surface area contributed by atoms with Gasteiger partial charge in [0.2, 0.25) is 0 Å². The minimum atomic E-state index is 1.15. The molecule has 0 N–H and O–H groups in total. The van der Waals surface area contributed by atoms with Crippen LogP contribution >= 0.6 is 0 Å². The van der Waals surface area contributed by atoms with Gasteiger partial charge in [0.15, 0.2) is 0 Å². The molecule has 0 saturated heterocycles. The second kappa shape index (κ2) is 2.32. The normalized spacial score (nSPS) is 42.7. The van der Waals surface area contributed by atoms with E-state index < -0.39 is 0 Å². The molecule has 9 heavy (non-hydrogen) atoms. The molecule has 0 radical (unpaired) electrons. The van der Waals surface area contributed by atoms with Crippen molar-refractivity contribution in [3.63, 3.8) is 0 Å². The van der Waals surface area contributed by atoms with Gasteiger partial charge in [-0.05, 0) is 18.3 Å². The molecule has 0 spiro atoms. The van der Waals surface area contributed by atoms with Crippen molar-refractivity contribution >= 4 is 0 Å². The zero-order valence-corrected chi connectivity index (χ0v) is 6.10. The molecular weight excluding hydrogens is 108 g/mol. The molecule has 0 heterocycles. The molecule has 0 aromatic carbocycles. The molecular formula is C9H16. The fourth-order valence-corrected chi connectivity index (χ4v) is 2.57. The first-order valence-electron chi connectivity index (χ1n) is 4.45. The van der Waals surface area contributed by atoms with Gasteiger partial charge in [0.1, 0.15) is 0 Å². The summed E-state index contributed by atoms with van der Waals surface area (Å²) < 4.78 is 0. The summed E-state index contributed by atoms with van der Waals surface area (Å²) in [5.41, 5.74) is 0. The van der Waals surface area contributed by atoms with Crippen molar-refractivity contribution < 1.29 is 0 Å². The summed E-state index contributed by atoms with van der Waals surface area (Å²) in [6.07, 6.45) is 10.9. The van der Waals surface area contributed by atoms with Crippen LogP contribution in [0.25, 0.3) is 0 Å². The monoisotopic (exact) mass is 124 g/mol. The zero-order chi connectivity index (χ0) is 6.10. The summed E-state index contributed by atoms with van der Waals surface area (Å²) in [4.78, 5) is 0. The molecule has 0 aromatic heterocycles. The number of hydrogen-bond donors (Lipinski definition) is 0. The predicted octanol–water partition coefficient (Wildman–Crippen LogP) is 2.98. The van der Waals surface area contributed by atoms with E-state index in [1.54, 1.807) is 32.1 Å². The zero-order valence-electron chi connectivity index (χ0n) is 6.10. The highest BCUT2D eigenvalue weighted by Crippen LogP contribution is 2.39. The third-order valence-corrected chi connectivity index (χ3v) is 3.12. The maximum atomic E-state index is 1.58. The van der Waals surface area contributed by atoms with Gasteiger partial charge in [-0.2, -0.15) is 0 Å². The van der Waals surface area contributed by atoms with E-state index in [1.807, 2.05) is 0 Å². The molecule has 0 aliphatic heterocycles. The second-order valence-corrected chi connectivity index (χ2v) is 3.83. The largest absolute Gasteiger partial charge is 0.0530 e. The van der Waals surface area contributed by atoms with E-state index in [4.69, 9.17) is 0 Å². The van der Waals surface area contributed by atoms with Crippen LogP contribution in [0, 0.1) is 11.8 Å². The Hall–Kier alpha value is 0. The average Bonchev–Trinajstić information content (AvgIpc) is 2.09. The molecule has 2 atom stereocenters. The molecule has 2 aliphatic carbocycles. The smallest absolute Gasteiger partial charge is 0.0412 e. The van der Waals surface area contributed by atoms with Crippen LogP contribution in [0.4, 0.5) is 0 Å². The Morgan fingerprint density at radius 2 is 1.22 bits per heavy atom. The SMILES string of the molecule is C1CC[C@H]2CC[C@H](C1)C2. The molecule has 2 aliphatic rings. The van der Waals surface area contributed by atoms with E-state index >= 15 is 0 Å². The summed E-state index contributed by atoms with van der Waals surface area (Å²) in [6.45, 7) is 0. The van der Waals surface area contributed by atoms with E-state index in [2.05, 4.69) is 0 Å². The number of hydrogen-bond acceptors (Lipinski definition) is 0. The molecule has 0 aromatic rings. The Labute approximate surface area is 57.6 Å². The molecule has 0 unspecified atom stereocenters. The minimum Gasteiger partial charge on any atom is -0.0530 e. The van der Waals surface area contributed by atoms with Crippen molar-refractivity contribution in [2.45, 2.75) is 44.9 Å². The van der Waals surface area contributed by atoms with Crippen LogP contribution in [0.2, 0.25) is 0 Å². The lowest BCUT2D eigenvalue weighted by atomic mass is 10.0. The van der Waals surface area contributed by atoms with Crippen LogP contribution in [-0.4, -0.2) is 0 Å². The van der Waals surface area contributed by atoms with Gasteiger partial charge in [-0.15, -0.1) is 0 Å². The van der Waals surface area contributed by atoms with Gasteiger partial charge in [0, 0.05) is 0 Å². The number of rotatable bonds is 0. The Kier molecular flexibility index (Phi) is 1.48. The van der Waals surface area contributed by atoms with Gasteiger partial charge in [-0.25, -0.2) is 0 Å². The van der Waals surface area contributed by atoms with E-state index in [1.165, 1.54) is 12.8 Å². The van der Waals surface area contributed by atoms with Gasteiger partial charge in [-0.3, -0.25) is 0 Å². The quantitative estimate of drug-likeness (QED) is 0.465. The molecule has 0 amide bonds. The Morgan fingerprint density at radius 1 is 0.667 bits per heavy atom. The Morgan fingerprint density at radius 3 is 1.78 bits per heavy atom. The summed E-state index contributed by atoms with van der Waals surface area (Å²) in [6, 6.07) is 0. The van der Waals surface area contributed by atoms with Gasteiger partial charge in [-0.1, -0.05) is 38.5 Å². The van der Waals surface area contributed by atoms with Crippen molar-refractivity contribution in [1.82, 2.24) is 0 Å². The third-order valence-electron chi connectivity index (χ3n) is 3.12. The average molecular weight is 124 g/mol. The van der Waals surface area contributed by atoms with E-state index in [-0.39, 0.29) is 0 Å². The first kappa shape index (κ1) is 5.76. The highest BCUT2D eigenvalue weighted by Gasteiger charge is 2.26. The standard InChI is InChI=1S/C9H16/c1-2-4-9-6-5-8(3-1)7-9/h8-9H,1-7H2/t8-,9-/m0/s1. The molecule has 2 fully saturated rings. The fourth-order valence-electron chi connectivity index (χ4n) is 2.57. The molecule has 52 valence electrons. The van der Waals surface area contributed by atoms with Crippen LogP contribution in [0.5, 0.6) is 0 Å². The van der Waals surface area contributed by atoms with Gasteiger partial charge in [0.05, 0.1) is 0 Å². The maximum absolute atomic E-state index is 1.58. The summed E-state index contributed by atoms with van der Waals surface area (Å²) in [5.74, 6) is 2.30. The van der Waals surface area contributed by atoms with Gasteiger partial charge >= 0.3 is 0 Å². The van der Waals surface area contributed by atoms with Crippen molar-refractivity contribution in [3.8, 4) is 0 Å². The van der Waals surface area contributed by atoms with Gasteiger partial charge < -0.3 is 0 Å².